The van der Waals surface area contributed by atoms with Gasteiger partial charge in [0.05, 0.1) is 23.5 Å². The van der Waals surface area contributed by atoms with Crippen LogP contribution in [0.2, 0.25) is 0 Å². The largest absolute Gasteiger partial charge is 0.345 e. The summed E-state index contributed by atoms with van der Waals surface area (Å²) in [7, 11) is 0. The summed E-state index contributed by atoms with van der Waals surface area (Å²) in [5, 5.41) is 10.4. The van der Waals surface area contributed by atoms with Crippen molar-refractivity contribution >= 4 is 5.91 Å². The quantitative estimate of drug-likeness (QED) is 0.813. The highest BCUT2D eigenvalue weighted by Crippen LogP contribution is 2.27. The zero-order chi connectivity index (χ0) is 12.1. The number of hydrogen-bond acceptors (Lipinski definition) is 4. The van der Waals surface area contributed by atoms with Crippen LogP contribution in [0.25, 0.3) is 0 Å². The van der Waals surface area contributed by atoms with Crippen LogP contribution in [0.5, 0.6) is 0 Å². The molecule has 0 unspecified atom stereocenters. The molecule has 0 saturated heterocycles. The molecule has 1 aromatic rings. The average Bonchev–Trinajstić information content (AvgIpc) is 2.41. The van der Waals surface area contributed by atoms with Crippen molar-refractivity contribution in [2.45, 2.75) is 37.6 Å². The molecule has 1 aromatic heterocycles. The van der Waals surface area contributed by atoms with Gasteiger partial charge in [-0.25, -0.2) is 0 Å². The molecule has 0 spiro atoms. The molecule has 1 saturated carbocycles. The number of nitrogens with one attached hydrogen (secondary N) is 1. The summed E-state index contributed by atoms with van der Waals surface area (Å²) in [6, 6.07) is 1.66. The monoisotopic (exact) mass is 234 g/mol. The van der Waals surface area contributed by atoms with E-state index in [2.05, 4.69) is 15.5 Å². The van der Waals surface area contributed by atoms with E-state index < -0.39 is 0 Å². The van der Waals surface area contributed by atoms with Gasteiger partial charge in [0.25, 0.3) is 5.91 Å². The zero-order valence-corrected chi connectivity index (χ0v) is 9.85. The number of rotatable bonds is 3. The Balaban J connectivity index is 2.06. The van der Waals surface area contributed by atoms with E-state index in [4.69, 9.17) is 5.73 Å². The lowest BCUT2D eigenvalue weighted by Crippen LogP contribution is -2.54. The van der Waals surface area contributed by atoms with Gasteiger partial charge in [-0.2, -0.15) is 10.2 Å². The third-order valence-corrected chi connectivity index (χ3v) is 3.43. The van der Waals surface area contributed by atoms with E-state index in [1.165, 1.54) is 18.8 Å². The van der Waals surface area contributed by atoms with Gasteiger partial charge >= 0.3 is 0 Å². The fraction of sp³-hybridized carbons (Fsp3) is 0.583. The van der Waals surface area contributed by atoms with Crippen molar-refractivity contribution < 1.29 is 4.79 Å². The van der Waals surface area contributed by atoms with Crippen LogP contribution in [0.4, 0.5) is 0 Å². The summed E-state index contributed by atoms with van der Waals surface area (Å²) in [5.41, 5.74) is 6.14. The lowest BCUT2D eigenvalue weighted by molar-refractivity contribution is 0.0874. The molecule has 92 valence electrons. The first-order valence-electron chi connectivity index (χ1n) is 6.05. The highest BCUT2D eigenvalue weighted by molar-refractivity contribution is 5.94. The van der Waals surface area contributed by atoms with Gasteiger partial charge in [0, 0.05) is 6.54 Å². The predicted molar refractivity (Wildman–Crippen MR) is 64.4 cm³/mol. The second kappa shape index (κ2) is 5.23. The molecule has 17 heavy (non-hydrogen) atoms. The molecule has 1 fully saturated rings. The van der Waals surface area contributed by atoms with Crippen LogP contribution in [0.3, 0.4) is 0 Å². The second-order valence-corrected chi connectivity index (χ2v) is 4.63. The van der Waals surface area contributed by atoms with Gasteiger partial charge in [-0.1, -0.05) is 19.3 Å². The van der Waals surface area contributed by atoms with E-state index in [9.17, 15) is 4.79 Å². The Kier molecular flexibility index (Phi) is 3.68. The normalized spacial score (nSPS) is 18.6. The topological polar surface area (TPSA) is 80.9 Å². The molecule has 2 rings (SSSR count). The average molecular weight is 234 g/mol. The molecular weight excluding hydrogens is 216 g/mol. The maximum atomic E-state index is 12.0. The summed E-state index contributed by atoms with van der Waals surface area (Å²) in [4.78, 5) is 12.0. The van der Waals surface area contributed by atoms with Gasteiger partial charge in [0.1, 0.15) is 0 Å². The van der Waals surface area contributed by atoms with Gasteiger partial charge in [-0.15, -0.1) is 0 Å². The van der Waals surface area contributed by atoms with Crippen molar-refractivity contribution in [3.05, 3.63) is 24.0 Å². The Morgan fingerprint density at radius 3 is 2.71 bits per heavy atom. The summed E-state index contributed by atoms with van der Waals surface area (Å²) in [5.74, 6) is -0.104. The van der Waals surface area contributed by atoms with Crippen LogP contribution < -0.4 is 11.1 Å². The highest BCUT2D eigenvalue weighted by atomic mass is 16.1. The van der Waals surface area contributed by atoms with E-state index >= 15 is 0 Å². The van der Waals surface area contributed by atoms with Gasteiger partial charge in [-0.3, -0.25) is 4.79 Å². The first-order valence-corrected chi connectivity index (χ1v) is 6.05. The van der Waals surface area contributed by atoms with Crippen molar-refractivity contribution in [3.8, 4) is 0 Å². The van der Waals surface area contributed by atoms with Crippen molar-refractivity contribution in [3.63, 3.8) is 0 Å². The lowest BCUT2D eigenvalue weighted by Gasteiger charge is -2.37. The van der Waals surface area contributed by atoms with E-state index in [0.29, 0.717) is 12.1 Å². The second-order valence-electron chi connectivity index (χ2n) is 4.63. The maximum Gasteiger partial charge on any atom is 0.253 e. The molecule has 0 radical (unpaired) electrons. The third kappa shape index (κ3) is 2.79. The summed E-state index contributed by atoms with van der Waals surface area (Å²) < 4.78 is 0. The van der Waals surface area contributed by atoms with Gasteiger partial charge in [0.2, 0.25) is 0 Å². The molecule has 0 atom stereocenters. The predicted octanol–water partition coefficient (Wildman–Crippen LogP) is 0.868. The van der Waals surface area contributed by atoms with Crippen LogP contribution in [-0.2, 0) is 0 Å². The van der Waals surface area contributed by atoms with Crippen LogP contribution in [0.1, 0.15) is 42.5 Å². The molecule has 0 bridgehead atoms. The molecule has 1 heterocycles. The Labute approximate surface area is 101 Å². The summed E-state index contributed by atoms with van der Waals surface area (Å²) in [6.07, 6.45) is 8.42. The first kappa shape index (κ1) is 12.0. The molecule has 5 heteroatoms. The molecule has 1 aliphatic rings. The Hall–Kier alpha value is -1.49. The number of carbonyl (C=O) groups is 1. The lowest BCUT2D eigenvalue weighted by atomic mass is 9.81. The van der Waals surface area contributed by atoms with Crippen LogP contribution >= 0.6 is 0 Å². The van der Waals surface area contributed by atoms with Crippen LogP contribution in [-0.4, -0.2) is 28.2 Å². The minimum Gasteiger partial charge on any atom is -0.345 e. The SMILES string of the molecule is NCC1(NC(=O)c2ccnnc2)CCCCC1. The van der Waals surface area contributed by atoms with Crippen molar-refractivity contribution in [2.24, 2.45) is 5.73 Å². The van der Waals surface area contributed by atoms with Crippen molar-refractivity contribution in [1.29, 1.82) is 0 Å². The Morgan fingerprint density at radius 1 is 1.35 bits per heavy atom. The fourth-order valence-electron chi connectivity index (χ4n) is 2.35. The zero-order valence-electron chi connectivity index (χ0n) is 9.85. The van der Waals surface area contributed by atoms with E-state index in [1.54, 1.807) is 6.07 Å². The van der Waals surface area contributed by atoms with Crippen LogP contribution in [0, 0.1) is 0 Å². The molecule has 1 amide bonds. The van der Waals surface area contributed by atoms with Crippen LogP contribution in [0.15, 0.2) is 18.5 Å². The van der Waals surface area contributed by atoms with Gasteiger partial charge in [0.15, 0.2) is 0 Å². The number of aromatic nitrogens is 2. The molecule has 3 N–H and O–H groups in total. The third-order valence-electron chi connectivity index (χ3n) is 3.43. The first-order chi connectivity index (χ1) is 8.26. The summed E-state index contributed by atoms with van der Waals surface area (Å²) in [6.45, 7) is 0.497. The molecule has 0 aliphatic heterocycles. The molecule has 1 aliphatic carbocycles. The van der Waals surface area contributed by atoms with E-state index in [1.807, 2.05) is 0 Å². The Morgan fingerprint density at radius 2 is 2.12 bits per heavy atom. The number of carbonyl (C=O) groups excluding carboxylic acids is 1. The number of hydrogen-bond donors (Lipinski definition) is 2. The maximum absolute atomic E-state index is 12.0. The van der Waals surface area contributed by atoms with E-state index in [0.717, 1.165) is 25.7 Å². The Bertz CT molecular complexity index is 373. The fourth-order valence-corrected chi connectivity index (χ4v) is 2.35. The summed E-state index contributed by atoms with van der Waals surface area (Å²) >= 11 is 0. The minimum atomic E-state index is -0.224. The van der Waals surface area contributed by atoms with Crippen molar-refractivity contribution in [1.82, 2.24) is 15.5 Å². The van der Waals surface area contributed by atoms with Gasteiger partial charge < -0.3 is 11.1 Å². The number of nitrogens with zero attached hydrogens (tertiary/aromatic N) is 2. The molecule has 5 nitrogen and oxygen atoms in total. The number of amides is 1. The van der Waals surface area contributed by atoms with Crippen molar-refractivity contribution in [2.75, 3.05) is 6.54 Å². The van der Waals surface area contributed by atoms with Gasteiger partial charge in [-0.05, 0) is 18.9 Å². The number of nitrogens with two attached hydrogens (primary N) is 1. The standard InChI is InChI=1S/C12H18N4O/c13-9-12(5-2-1-3-6-12)16-11(17)10-4-7-14-15-8-10/h4,7-8H,1-3,5-6,9,13H2,(H,16,17). The highest BCUT2D eigenvalue weighted by Gasteiger charge is 2.32. The molecular formula is C12H18N4O. The van der Waals surface area contributed by atoms with E-state index in [-0.39, 0.29) is 11.4 Å². The minimum absolute atomic E-state index is 0.104. The molecule has 0 aromatic carbocycles. The smallest absolute Gasteiger partial charge is 0.253 e.